The molecule has 0 unspecified atom stereocenters. The Labute approximate surface area is 297 Å². The highest BCUT2D eigenvalue weighted by molar-refractivity contribution is 6.21. The molecule has 1 aromatic heterocycles. The molecule has 0 saturated carbocycles. The molecule has 0 amide bonds. The van der Waals surface area contributed by atoms with Gasteiger partial charge >= 0.3 is 0 Å². The van der Waals surface area contributed by atoms with E-state index < -0.39 is 28.7 Å². The predicted octanol–water partition coefficient (Wildman–Crippen LogP) is 11.3. The fraction of sp³-hybridized carbons (Fsp3) is 0.0435. The van der Waals surface area contributed by atoms with Crippen molar-refractivity contribution in [2.45, 2.75) is 12.8 Å². The highest BCUT2D eigenvalue weighted by Gasteiger charge is 2.27. The summed E-state index contributed by atoms with van der Waals surface area (Å²) in [5.74, 6) is -3.22. The number of benzene rings is 8. The Morgan fingerprint density at radius 2 is 0.885 bits per heavy atom. The van der Waals surface area contributed by atoms with Crippen LogP contribution in [-0.4, -0.2) is 25.5 Å². The number of aromatic hydroxyl groups is 5. The Morgan fingerprint density at radius 1 is 0.404 bits per heavy atom. The third kappa shape index (κ3) is 4.24. The van der Waals surface area contributed by atoms with Crippen LogP contribution in [0.4, 0.5) is 0 Å². The molecular weight excluding hydrogens is 649 g/mol. The number of phenolic OH excluding ortho intramolecular Hbond substituents is 5. The number of hydrogen-bond acceptors (Lipinski definition) is 6. The first kappa shape index (κ1) is 29.9. The average Bonchev–Trinajstić information content (AvgIpc) is 3.55. The van der Waals surface area contributed by atoms with Crippen LogP contribution in [0.3, 0.4) is 0 Å². The molecule has 10 rings (SSSR count). The van der Waals surface area contributed by atoms with Crippen LogP contribution in [0.15, 0.2) is 132 Å². The molecule has 0 aliphatic heterocycles. The van der Waals surface area contributed by atoms with E-state index >= 15 is 0 Å². The minimum atomic E-state index is -0.985. The summed E-state index contributed by atoms with van der Waals surface area (Å²) in [6.45, 7) is 0. The average molecular weight is 679 g/mol. The Kier molecular flexibility index (Phi) is 6.36. The Morgan fingerprint density at radius 3 is 1.48 bits per heavy atom. The fourth-order valence-electron chi connectivity index (χ4n) is 8.23. The van der Waals surface area contributed by atoms with Crippen LogP contribution in [0.1, 0.15) is 23.3 Å². The summed E-state index contributed by atoms with van der Waals surface area (Å²) in [7, 11) is 0. The van der Waals surface area contributed by atoms with Crippen LogP contribution in [0.5, 0.6) is 28.7 Å². The van der Waals surface area contributed by atoms with Gasteiger partial charge in [-0.1, -0.05) is 103 Å². The van der Waals surface area contributed by atoms with Crippen molar-refractivity contribution in [1.82, 2.24) is 0 Å². The Hall–Kier alpha value is -6.92. The van der Waals surface area contributed by atoms with Crippen LogP contribution in [0, 0.1) is 0 Å². The van der Waals surface area contributed by atoms with E-state index in [9.17, 15) is 25.5 Å². The third-order valence-electron chi connectivity index (χ3n) is 10.6. The molecular formula is C46H30O6. The van der Waals surface area contributed by atoms with Gasteiger partial charge in [0.05, 0.1) is 5.56 Å². The number of furan rings is 1. The van der Waals surface area contributed by atoms with Crippen LogP contribution in [-0.2, 0) is 6.42 Å². The molecule has 5 N–H and O–H groups in total. The van der Waals surface area contributed by atoms with Gasteiger partial charge in [0.15, 0.2) is 11.5 Å². The molecule has 8 aromatic carbocycles. The molecule has 0 atom stereocenters. The lowest BCUT2D eigenvalue weighted by molar-refractivity contribution is 0.330. The molecule has 52 heavy (non-hydrogen) atoms. The number of rotatable bonds is 3. The molecule has 1 aliphatic rings. The maximum atomic E-state index is 10.6. The molecule has 0 bridgehead atoms. The molecule has 1 heterocycles. The molecule has 0 saturated heterocycles. The van der Waals surface area contributed by atoms with Gasteiger partial charge in [0.1, 0.15) is 11.3 Å². The molecule has 0 spiro atoms. The lowest BCUT2D eigenvalue weighted by Gasteiger charge is -2.21. The van der Waals surface area contributed by atoms with Gasteiger partial charge in [0.25, 0.3) is 0 Å². The van der Waals surface area contributed by atoms with E-state index in [1.165, 1.54) is 22.1 Å². The maximum absolute atomic E-state index is 10.6. The zero-order valence-electron chi connectivity index (χ0n) is 27.7. The molecule has 1 aliphatic carbocycles. The lowest BCUT2D eigenvalue weighted by atomic mass is 9.81. The Bertz CT molecular complexity index is 2940. The Balaban J connectivity index is 1.18. The van der Waals surface area contributed by atoms with Crippen molar-refractivity contribution in [1.29, 1.82) is 0 Å². The van der Waals surface area contributed by atoms with Crippen molar-refractivity contribution in [3.63, 3.8) is 0 Å². The second kappa shape index (κ2) is 11.0. The molecule has 9 aromatic rings. The van der Waals surface area contributed by atoms with Crippen LogP contribution < -0.4 is 0 Å². The quantitative estimate of drug-likeness (QED) is 0.0722. The third-order valence-corrected chi connectivity index (χ3v) is 10.6. The van der Waals surface area contributed by atoms with Crippen LogP contribution in [0.2, 0.25) is 0 Å². The molecule has 0 fully saturated rings. The summed E-state index contributed by atoms with van der Waals surface area (Å²) in [5, 5.41) is 61.1. The normalized spacial score (nSPS) is 13.0. The zero-order valence-corrected chi connectivity index (χ0v) is 27.7. The van der Waals surface area contributed by atoms with E-state index in [0.717, 1.165) is 78.4 Å². The second-order valence-corrected chi connectivity index (χ2v) is 13.5. The van der Waals surface area contributed by atoms with E-state index in [1.807, 2.05) is 12.1 Å². The van der Waals surface area contributed by atoms with Gasteiger partial charge in [-0.2, -0.15) is 0 Å². The van der Waals surface area contributed by atoms with Crippen molar-refractivity contribution in [2.75, 3.05) is 0 Å². The number of hydrogen-bond donors (Lipinski definition) is 5. The van der Waals surface area contributed by atoms with Gasteiger partial charge in [-0.3, -0.25) is 0 Å². The van der Waals surface area contributed by atoms with Gasteiger partial charge in [-0.25, -0.2) is 0 Å². The predicted molar refractivity (Wildman–Crippen MR) is 207 cm³/mol. The van der Waals surface area contributed by atoms with Crippen molar-refractivity contribution in [2.24, 2.45) is 0 Å². The number of fused-ring (bicyclic) bond motifs is 7. The van der Waals surface area contributed by atoms with Crippen molar-refractivity contribution >= 4 is 59.6 Å². The molecule has 0 radical (unpaired) electrons. The second-order valence-electron chi connectivity index (χ2n) is 13.5. The number of aryl methyl sites for hydroxylation is 1. The highest BCUT2D eigenvalue weighted by atomic mass is 16.4. The summed E-state index contributed by atoms with van der Waals surface area (Å²) in [6, 6.07) is 41.5. The molecule has 250 valence electrons. The van der Waals surface area contributed by atoms with Gasteiger partial charge in [0, 0.05) is 17.4 Å². The van der Waals surface area contributed by atoms with Crippen LogP contribution in [0.25, 0.3) is 81.9 Å². The topological polar surface area (TPSA) is 114 Å². The highest BCUT2D eigenvalue weighted by Crippen LogP contribution is 2.55. The fourth-order valence-corrected chi connectivity index (χ4v) is 8.23. The van der Waals surface area contributed by atoms with E-state index in [4.69, 9.17) is 4.42 Å². The van der Waals surface area contributed by atoms with Crippen molar-refractivity contribution in [3.05, 3.63) is 144 Å². The first-order chi connectivity index (χ1) is 25.4. The monoisotopic (exact) mass is 678 g/mol. The van der Waals surface area contributed by atoms with E-state index in [2.05, 4.69) is 103 Å². The van der Waals surface area contributed by atoms with Gasteiger partial charge in [-0.15, -0.1) is 0 Å². The van der Waals surface area contributed by atoms with Crippen LogP contribution >= 0.6 is 0 Å². The first-order valence-electron chi connectivity index (χ1n) is 17.2. The van der Waals surface area contributed by atoms with Gasteiger partial charge < -0.3 is 29.9 Å². The summed E-state index contributed by atoms with van der Waals surface area (Å²) < 4.78 is 6.57. The zero-order chi connectivity index (χ0) is 35.2. The molecule has 6 nitrogen and oxygen atoms in total. The summed E-state index contributed by atoms with van der Waals surface area (Å²) in [6.07, 6.45) is 4.11. The molecule has 6 heteroatoms. The lowest BCUT2D eigenvalue weighted by Crippen LogP contribution is -2.01. The van der Waals surface area contributed by atoms with Gasteiger partial charge in [0.2, 0.25) is 17.2 Å². The van der Waals surface area contributed by atoms with E-state index in [-0.39, 0.29) is 5.56 Å². The van der Waals surface area contributed by atoms with Crippen molar-refractivity contribution < 1.29 is 29.9 Å². The smallest absolute Gasteiger partial charge is 0.208 e. The number of allylic oxidation sites excluding steroid dienone is 1. The standard InChI is InChI=1S/C46H30O6/c47-42-39(43(48)45(50)46(51)44(42)49)29-19-17-26-20-28(18-16-27(26)21-29)38-30-10-3-5-12-32(30)40(33-13-6-4-11-31(33)38)34-14-7-15-36-41(34)35-22-24-8-1-2-9-25(24)23-37(35)52-36/h1-6,8-14,16-23,47-51H,7,15H2. The summed E-state index contributed by atoms with van der Waals surface area (Å²) >= 11 is 0. The van der Waals surface area contributed by atoms with Gasteiger partial charge in [-0.05, 0) is 102 Å². The minimum absolute atomic E-state index is 0.176. The maximum Gasteiger partial charge on any atom is 0.208 e. The summed E-state index contributed by atoms with van der Waals surface area (Å²) in [5.41, 5.74) is 6.79. The SMILES string of the molecule is Oc1c(O)c(O)c(-c2ccc3cc(-c4c5ccccc5c(C5=CCCc6oc7cc8ccccc8cc7c65)c5ccccc45)ccc3c2)c(O)c1O. The minimum Gasteiger partial charge on any atom is -0.504 e. The van der Waals surface area contributed by atoms with Crippen molar-refractivity contribution in [3.8, 4) is 51.0 Å². The first-order valence-corrected chi connectivity index (χ1v) is 17.2. The van der Waals surface area contributed by atoms with E-state index in [0.29, 0.717) is 5.56 Å². The largest absolute Gasteiger partial charge is 0.504 e. The summed E-state index contributed by atoms with van der Waals surface area (Å²) in [4.78, 5) is 0. The van der Waals surface area contributed by atoms with E-state index in [1.54, 1.807) is 12.1 Å². The number of phenols is 5.